The first kappa shape index (κ1) is 15.9. The number of ether oxygens (including phenoxy) is 1. The van der Waals surface area contributed by atoms with E-state index >= 15 is 0 Å². The summed E-state index contributed by atoms with van der Waals surface area (Å²) >= 11 is 0. The molecule has 1 atom stereocenters. The van der Waals surface area contributed by atoms with Crippen molar-refractivity contribution in [3.63, 3.8) is 0 Å². The van der Waals surface area contributed by atoms with Gasteiger partial charge in [-0.3, -0.25) is 0 Å². The summed E-state index contributed by atoms with van der Waals surface area (Å²) in [5, 5.41) is 2.76. The van der Waals surface area contributed by atoms with Gasteiger partial charge in [-0.15, -0.1) is 0 Å². The van der Waals surface area contributed by atoms with Gasteiger partial charge in [-0.2, -0.15) is 0 Å². The zero-order chi connectivity index (χ0) is 16.4. The first-order valence-electron chi connectivity index (χ1n) is 9.24. The van der Waals surface area contributed by atoms with Crippen LogP contribution in [0.2, 0.25) is 12.6 Å². The third-order valence-electron chi connectivity index (χ3n) is 5.36. The third kappa shape index (κ3) is 3.03. The Morgan fingerprint density at radius 1 is 1.00 bits per heavy atom. The highest BCUT2D eigenvalue weighted by molar-refractivity contribution is 6.58. The highest BCUT2D eigenvalue weighted by Gasteiger charge is 2.22. The van der Waals surface area contributed by atoms with Gasteiger partial charge < -0.3 is 9.30 Å². The van der Waals surface area contributed by atoms with Gasteiger partial charge in [-0.25, -0.2) is 0 Å². The molecule has 1 unspecified atom stereocenters. The number of fused-ring (bicyclic) bond motifs is 3. The molecule has 1 fully saturated rings. The van der Waals surface area contributed by atoms with Gasteiger partial charge >= 0.3 is 0 Å². The molecule has 1 aromatic heterocycles. The number of hydrogen-bond acceptors (Lipinski definition) is 1. The summed E-state index contributed by atoms with van der Waals surface area (Å²) < 4.78 is 8.52. The lowest BCUT2D eigenvalue weighted by Crippen LogP contribution is -2.33. The van der Waals surface area contributed by atoms with Crippen LogP contribution in [0.25, 0.3) is 21.8 Å². The molecule has 0 spiro atoms. The summed E-state index contributed by atoms with van der Waals surface area (Å²) in [5.41, 5.74) is 3.33. The summed E-state index contributed by atoms with van der Waals surface area (Å²) in [6, 6.07) is 19.0. The van der Waals surface area contributed by atoms with Crippen molar-refractivity contribution in [2.24, 2.45) is 0 Å². The van der Waals surface area contributed by atoms with Crippen LogP contribution in [0.3, 0.4) is 0 Å². The molecule has 0 bridgehead atoms. The number of aryl methyl sites for hydroxylation is 1. The summed E-state index contributed by atoms with van der Waals surface area (Å²) in [6.45, 7) is 4.56. The predicted molar refractivity (Wildman–Crippen MR) is 104 cm³/mol. The van der Waals surface area contributed by atoms with Gasteiger partial charge in [0, 0.05) is 40.7 Å². The molecule has 0 amide bonds. The molecular weight excluding hydrogens is 310 g/mol. The van der Waals surface area contributed by atoms with Gasteiger partial charge in [0.05, 0.1) is 8.80 Å². The highest BCUT2D eigenvalue weighted by atomic mass is 28.3. The molecule has 1 aliphatic rings. The van der Waals surface area contributed by atoms with Crippen molar-refractivity contribution >= 4 is 30.6 Å². The van der Waals surface area contributed by atoms with E-state index < -0.39 is 0 Å². The van der Waals surface area contributed by atoms with Crippen molar-refractivity contribution in [2.45, 2.75) is 50.5 Å². The molecule has 125 valence electrons. The van der Waals surface area contributed by atoms with Crippen molar-refractivity contribution < 1.29 is 4.74 Å². The molecule has 2 nitrogen and oxygen atoms in total. The highest BCUT2D eigenvalue weighted by Crippen LogP contribution is 2.29. The van der Waals surface area contributed by atoms with Gasteiger partial charge in [0.1, 0.15) is 0 Å². The van der Waals surface area contributed by atoms with Gasteiger partial charge in [-0.05, 0) is 37.8 Å². The Balaban J connectivity index is 1.51. The molecule has 0 N–H and O–H groups in total. The normalized spacial score (nSPS) is 18.7. The fourth-order valence-corrected chi connectivity index (χ4v) is 6.19. The number of hydrogen-bond donors (Lipinski definition) is 0. The fraction of sp³-hybridized carbons (Fsp3) is 0.429. The lowest BCUT2D eigenvalue weighted by molar-refractivity contribution is 0.0625. The van der Waals surface area contributed by atoms with Gasteiger partial charge in [0.15, 0.2) is 0 Å². The maximum absolute atomic E-state index is 6.01. The lowest BCUT2D eigenvalue weighted by atomic mass is 10.2. The zero-order valence-corrected chi connectivity index (χ0v) is 15.5. The Hall–Kier alpha value is -1.58. The topological polar surface area (TPSA) is 14.2 Å². The van der Waals surface area contributed by atoms with Crippen LogP contribution < -0.4 is 0 Å². The second kappa shape index (κ2) is 7.12. The Bertz CT molecular complexity index is 766. The molecule has 1 aliphatic heterocycles. The monoisotopic (exact) mass is 336 g/mol. The number of benzene rings is 2. The van der Waals surface area contributed by atoms with Gasteiger partial charge in [0.2, 0.25) is 0 Å². The standard InChI is InChI=1S/C21H26NOSi/c1-24(21-13-6-7-15-23-21)16-8-14-22-19-11-4-2-9-17(19)18-10-3-5-12-20(18)22/h2-5,9-12,21H,6-8,13-16H2,1H3. The van der Waals surface area contributed by atoms with E-state index in [2.05, 4.69) is 59.6 Å². The van der Waals surface area contributed by atoms with E-state index in [1.807, 2.05) is 0 Å². The Morgan fingerprint density at radius 3 is 2.29 bits per heavy atom. The van der Waals surface area contributed by atoms with Crippen LogP contribution in [0.1, 0.15) is 25.7 Å². The van der Waals surface area contributed by atoms with Crippen LogP contribution in [-0.4, -0.2) is 25.7 Å². The molecule has 0 saturated carbocycles. The number of rotatable bonds is 5. The summed E-state index contributed by atoms with van der Waals surface area (Å²) in [6.07, 6.45) is 5.17. The molecule has 1 radical (unpaired) electrons. The molecule has 3 heteroatoms. The van der Waals surface area contributed by atoms with Crippen molar-refractivity contribution in [1.29, 1.82) is 0 Å². The smallest absolute Gasteiger partial charge is 0.0816 e. The van der Waals surface area contributed by atoms with E-state index in [0.717, 1.165) is 13.2 Å². The molecule has 1 saturated heterocycles. The second-order valence-corrected chi connectivity index (χ2v) is 9.83. The van der Waals surface area contributed by atoms with Crippen molar-refractivity contribution in [3.8, 4) is 0 Å². The number of nitrogens with zero attached hydrogens (tertiary/aromatic N) is 1. The average molecular weight is 337 g/mol. The fourth-order valence-electron chi connectivity index (χ4n) is 4.05. The summed E-state index contributed by atoms with van der Waals surface area (Å²) in [4.78, 5) is 0. The Kier molecular flexibility index (Phi) is 4.72. The van der Waals surface area contributed by atoms with Gasteiger partial charge in [-0.1, -0.05) is 49.0 Å². The molecule has 2 heterocycles. The van der Waals surface area contributed by atoms with E-state index in [9.17, 15) is 0 Å². The third-order valence-corrected chi connectivity index (χ3v) is 8.06. The summed E-state index contributed by atoms with van der Waals surface area (Å²) in [5.74, 6) is 0. The first-order chi connectivity index (χ1) is 11.8. The average Bonchev–Trinajstić information content (AvgIpc) is 2.97. The zero-order valence-electron chi connectivity index (χ0n) is 14.5. The quantitative estimate of drug-likeness (QED) is 0.568. The van der Waals surface area contributed by atoms with Crippen molar-refractivity contribution in [1.82, 2.24) is 4.57 Å². The van der Waals surface area contributed by atoms with Crippen molar-refractivity contribution in [2.75, 3.05) is 6.61 Å². The summed E-state index contributed by atoms with van der Waals surface area (Å²) in [7, 11) is -0.384. The molecule has 4 rings (SSSR count). The van der Waals surface area contributed by atoms with Crippen LogP contribution in [-0.2, 0) is 11.3 Å². The molecule has 2 aromatic carbocycles. The first-order valence-corrected chi connectivity index (χ1v) is 11.5. The maximum Gasteiger partial charge on any atom is 0.0816 e. The minimum Gasteiger partial charge on any atom is -0.382 e. The van der Waals surface area contributed by atoms with Crippen LogP contribution in [0.4, 0.5) is 0 Å². The predicted octanol–water partition coefficient (Wildman–Crippen LogP) is 5.42. The number of aromatic nitrogens is 1. The largest absolute Gasteiger partial charge is 0.382 e. The van der Waals surface area contributed by atoms with E-state index in [1.54, 1.807) is 0 Å². The molecule has 3 aromatic rings. The van der Waals surface area contributed by atoms with Crippen LogP contribution in [0.15, 0.2) is 48.5 Å². The van der Waals surface area contributed by atoms with Crippen LogP contribution >= 0.6 is 0 Å². The SMILES string of the molecule is C[Si](CCCn1c2ccccc2c2ccccc21)C1CCCCO1. The maximum atomic E-state index is 6.01. The van der Waals surface area contributed by atoms with Crippen molar-refractivity contribution in [3.05, 3.63) is 48.5 Å². The lowest BCUT2D eigenvalue weighted by Gasteiger charge is -2.27. The second-order valence-electron chi connectivity index (χ2n) is 6.99. The van der Waals surface area contributed by atoms with Crippen LogP contribution in [0, 0.1) is 0 Å². The molecular formula is C21H26NOSi. The molecule has 24 heavy (non-hydrogen) atoms. The number of para-hydroxylation sites is 2. The van der Waals surface area contributed by atoms with E-state index in [-0.39, 0.29) is 8.80 Å². The van der Waals surface area contributed by atoms with E-state index in [0.29, 0.717) is 5.73 Å². The Labute approximate surface area is 146 Å². The van der Waals surface area contributed by atoms with E-state index in [4.69, 9.17) is 4.74 Å². The minimum absolute atomic E-state index is 0.384. The Morgan fingerprint density at radius 2 is 1.67 bits per heavy atom. The molecule has 0 aliphatic carbocycles. The minimum atomic E-state index is -0.384. The van der Waals surface area contributed by atoms with E-state index in [1.165, 1.54) is 53.5 Å². The van der Waals surface area contributed by atoms with Crippen LogP contribution in [0.5, 0.6) is 0 Å². The van der Waals surface area contributed by atoms with Gasteiger partial charge in [0.25, 0.3) is 0 Å².